The van der Waals surface area contributed by atoms with Crippen LogP contribution in [0.3, 0.4) is 0 Å². The molecule has 0 atom stereocenters. The maximum Gasteiger partial charge on any atom is 2.00 e. The third-order valence-electron chi connectivity index (χ3n) is 2.29. The Morgan fingerprint density at radius 3 is 1.76 bits per heavy atom. The van der Waals surface area contributed by atoms with E-state index in [0.717, 1.165) is 0 Å². The first-order valence-electron chi connectivity index (χ1n) is 5.49. The molecule has 0 amide bonds. The van der Waals surface area contributed by atoms with Gasteiger partial charge in [0.25, 0.3) is 0 Å². The van der Waals surface area contributed by atoms with Gasteiger partial charge in [-0.25, -0.2) is 0 Å². The summed E-state index contributed by atoms with van der Waals surface area (Å²) < 4.78 is 2.70. The van der Waals surface area contributed by atoms with E-state index in [9.17, 15) is 0 Å². The summed E-state index contributed by atoms with van der Waals surface area (Å²) >= 11 is 0. The number of hydrogen-bond donors (Lipinski definition) is 0. The van der Waals surface area contributed by atoms with Crippen molar-refractivity contribution in [2.24, 2.45) is 0 Å². The van der Waals surface area contributed by atoms with Crippen LogP contribution in [0.15, 0.2) is 24.3 Å². The second-order valence-electron chi connectivity index (χ2n) is 5.94. The van der Waals surface area contributed by atoms with Crippen LogP contribution in [0, 0.1) is 6.07 Å². The molecule has 1 nitrogen and oxygen atoms in total. The van der Waals surface area contributed by atoms with Crippen molar-refractivity contribution in [3.63, 3.8) is 0 Å². The van der Waals surface area contributed by atoms with Crippen LogP contribution in [0.25, 0.3) is 0 Å². The molecule has 0 heterocycles. The van der Waals surface area contributed by atoms with Crippen molar-refractivity contribution in [1.82, 2.24) is 0 Å². The third-order valence-corrected chi connectivity index (χ3v) is 9.52. The SMILES string of the molecule is C[Si](C)(C)N(c1c[c-]ccc1)[Si](C)(C)C.[Cl-].[Mg+2]. The first kappa shape index (κ1) is 19.8. The largest absolute Gasteiger partial charge is 2.00 e. The average Bonchev–Trinajstić information content (AvgIpc) is 2.00. The standard InChI is InChI=1S/C12H22NSi2.ClH.Mg/c1-14(2,3)13(15(4,5)6)12-10-8-7-9-11-12;;/h7-8,10-11H,1-6H3;1H;/q-1;;+2/p-1. The number of hydrogen-bond acceptors (Lipinski definition) is 1. The van der Waals surface area contributed by atoms with Gasteiger partial charge in [0.2, 0.25) is 0 Å². The number of halogens is 1. The van der Waals surface area contributed by atoms with Crippen molar-refractivity contribution in [2.75, 3.05) is 4.23 Å². The van der Waals surface area contributed by atoms with Gasteiger partial charge >= 0.3 is 23.1 Å². The molecule has 0 aromatic heterocycles. The molecule has 0 N–H and O–H groups in total. The molecule has 0 aliphatic carbocycles. The Kier molecular flexibility index (Phi) is 8.39. The molecule has 0 bridgehead atoms. The molecule has 5 heteroatoms. The maximum atomic E-state index is 3.19. The van der Waals surface area contributed by atoms with Gasteiger partial charge in [-0.3, -0.25) is 0 Å². The second-order valence-corrected chi connectivity index (χ2v) is 16.0. The van der Waals surface area contributed by atoms with Crippen molar-refractivity contribution in [3.8, 4) is 0 Å². The van der Waals surface area contributed by atoms with E-state index in [1.54, 1.807) is 0 Å². The van der Waals surface area contributed by atoms with Crippen molar-refractivity contribution < 1.29 is 12.4 Å². The summed E-state index contributed by atoms with van der Waals surface area (Å²) in [4.78, 5) is 0. The van der Waals surface area contributed by atoms with E-state index in [2.05, 4.69) is 67.8 Å². The fourth-order valence-electron chi connectivity index (χ4n) is 2.30. The Balaban J connectivity index is 0. The Hall–Kier alpha value is 0.510. The summed E-state index contributed by atoms with van der Waals surface area (Å²) in [6.45, 7) is 14.5. The van der Waals surface area contributed by atoms with Crippen LogP contribution in [0.5, 0.6) is 0 Å². The van der Waals surface area contributed by atoms with Gasteiger partial charge in [0.15, 0.2) is 0 Å². The molecule has 0 aliphatic rings. The van der Waals surface area contributed by atoms with Crippen molar-refractivity contribution in [2.45, 2.75) is 39.3 Å². The van der Waals surface area contributed by atoms with Crippen LogP contribution in [-0.4, -0.2) is 39.5 Å². The van der Waals surface area contributed by atoms with E-state index in [4.69, 9.17) is 0 Å². The van der Waals surface area contributed by atoms with Gasteiger partial charge in [-0.05, 0) is 0 Å². The quantitative estimate of drug-likeness (QED) is 0.583. The summed E-state index contributed by atoms with van der Waals surface area (Å²) in [5.41, 5.74) is 1.36. The van der Waals surface area contributed by atoms with E-state index in [0.29, 0.717) is 0 Å². The summed E-state index contributed by atoms with van der Waals surface area (Å²) in [6, 6.07) is 11.6. The second kappa shape index (κ2) is 7.19. The first-order valence-corrected chi connectivity index (χ1v) is 12.4. The fourth-order valence-corrected chi connectivity index (χ4v) is 12.2. The van der Waals surface area contributed by atoms with Crippen LogP contribution in [0.4, 0.5) is 5.69 Å². The van der Waals surface area contributed by atoms with E-state index in [1.165, 1.54) is 5.69 Å². The molecule has 0 saturated heterocycles. The minimum Gasteiger partial charge on any atom is -1.00 e. The topological polar surface area (TPSA) is 3.24 Å². The van der Waals surface area contributed by atoms with Gasteiger partial charge in [0, 0.05) is 0 Å². The summed E-state index contributed by atoms with van der Waals surface area (Å²) in [5.74, 6) is 0. The maximum absolute atomic E-state index is 3.19. The number of anilines is 1. The monoisotopic (exact) mass is 295 g/mol. The van der Waals surface area contributed by atoms with Crippen LogP contribution < -0.4 is 16.6 Å². The predicted molar refractivity (Wildman–Crippen MR) is 80.2 cm³/mol. The molecular weight excluding hydrogens is 274 g/mol. The first-order chi connectivity index (χ1) is 6.73. The predicted octanol–water partition coefficient (Wildman–Crippen LogP) is 0.586. The molecule has 0 spiro atoms. The normalized spacial score (nSPS) is 11.2. The van der Waals surface area contributed by atoms with Gasteiger partial charge in [-0.2, -0.15) is 30.3 Å². The van der Waals surface area contributed by atoms with Gasteiger partial charge in [-0.1, -0.05) is 45.0 Å². The summed E-state index contributed by atoms with van der Waals surface area (Å²) in [7, 11) is -2.58. The zero-order valence-electron chi connectivity index (χ0n) is 11.8. The Labute approximate surface area is 131 Å². The van der Waals surface area contributed by atoms with E-state index < -0.39 is 16.5 Å². The van der Waals surface area contributed by atoms with Crippen LogP contribution in [0.2, 0.25) is 39.3 Å². The molecule has 1 aromatic carbocycles. The molecule has 0 fully saturated rings. The Bertz CT molecular complexity index is 306. The molecule has 0 aliphatic heterocycles. The van der Waals surface area contributed by atoms with E-state index >= 15 is 0 Å². The zero-order chi connectivity index (χ0) is 11.7. The Morgan fingerprint density at radius 2 is 1.47 bits per heavy atom. The van der Waals surface area contributed by atoms with Gasteiger partial charge in [-0.15, -0.1) is 0 Å². The minimum absolute atomic E-state index is 0. The molecule has 17 heavy (non-hydrogen) atoms. The minimum atomic E-state index is -1.29. The van der Waals surface area contributed by atoms with Gasteiger partial charge < -0.3 is 16.6 Å². The van der Waals surface area contributed by atoms with Crippen LogP contribution >= 0.6 is 0 Å². The van der Waals surface area contributed by atoms with Crippen molar-refractivity contribution in [3.05, 3.63) is 30.3 Å². The zero-order valence-corrected chi connectivity index (χ0v) is 16.0. The molecule has 1 rings (SSSR count). The molecule has 0 unspecified atom stereocenters. The van der Waals surface area contributed by atoms with Crippen molar-refractivity contribution in [1.29, 1.82) is 0 Å². The van der Waals surface area contributed by atoms with Gasteiger partial charge in [0.05, 0.1) is 0 Å². The third kappa shape index (κ3) is 5.79. The molecular formula is C12H22ClMgNSi2. The van der Waals surface area contributed by atoms with E-state index in [-0.39, 0.29) is 35.5 Å². The van der Waals surface area contributed by atoms with Crippen molar-refractivity contribution >= 4 is 45.2 Å². The summed E-state index contributed by atoms with van der Waals surface area (Å²) in [6.07, 6.45) is 0. The smallest absolute Gasteiger partial charge is 1.00 e. The molecule has 0 saturated carbocycles. The molecule has 0 radical (unpaired) electrons. The number of nitrogens with zero attached hydrogens (tertiary/aromatic N) is 1. The fraction of sp³-hybridized carbons (Fsp3) is 0.500. The molecule has 92 valence electrons. The van der Waals surface area contributed by atoms with Crippen LogP contribution in [-0.2, 0) is 0 Å². The van der Waals surface area contributed by atoms with Gasteiger partial charge in [0.1, 0.15) is 16.5 Å². The number of benzene rings is 1. The molecule has 1 aromatic rings. The number of rotatable bonds is 3. The van der Waals surface area contributed by atoms with E-state index in [1.807, 2.05) is 6.07 Å². The van der Waals surface area contributed by atoms with Crippen LogP contribution in [0.1, 0.15) is 0 Å². The summed E-state index contributed by atoms with van der Waals surface area (Å²) in [5, 5.41) is 0. The Morgan fingerprint density at radius 1 is 1.00 bits per heavy atom. The average molecular weight is 296 g/mol.